The zero-order valence-corrected chi connectivity index (χ0v) is 12.8. The molecule has 2 rings (SSSR count). The molecular formula is C14H19NO5S. The van der Waals surface area contributed by atoms with Crippen molar-refractivity contribution in [1.82, 2.24) is 5.32 Å². The van der Waals surface area contributed by atoms with Crippen molar-refractivity contribution in [1.29, 1.82) is 0 Å². The van der Waals surface area contributed by atoms with E-state index in [0.29, 0.717) is 5.75 Å². The van der Waals surface area contributed by atoms with Crippen LogP contribution < -0.4 is 10.1 Å². The van der Waals surface area contributed by atoms with Crippen molar-refractivity contribution < 1.29 is 23.1 Å². The quantitative estimate of drug-likeness (QED) is 0.782. The predicted molar refractivity (Wildman–Crippen MR) is 77.2 cm³/mol. The number of carbonyl (C=O) groups is 1. The van der Waals surface area contributed by atoms with Crippen LogP contribution in [0.2, 0.25) is 0 Å². The lowest BCUT2D eigenvalue weighted by molar-refractivity contribution is -0.145. The van der Waals surface area contributed by atoms with Crippen LogP contribution in [0, 0.1) is 0 Å². The first-order chi connectivity index (χ1) is 9.71. The summed E-state index contributed by atoms with van der Waals surface area (Å²) in [5, 5.41) is 12.4. The maximum Gasteiger partial charge on any atom is 0.327 e. The highest BCUT2D eigenvalue weighted by molar-refractivity contribution is 7.90. The van der Waals surface area contributed by atoms with Crippen LogP contribution in [-0.2, 0) is 14.6 Å². The van der Waals surface area contributed by atoms with E-state index in [0.717, 1.165) is 19.1 Å². The topological polar surface area (TPSA) is 92.7 Å². The van der Waals surface area contributed by atoms with E-state index in [9.17, 15) is 18.3 Å². The van der Waals surface area contributed by atoms with Gasteiger partial charge in [0.1, 0.15) is 17.9 Å². The second-order valence-corrected chi connectivity index (χ2v) is 7.61. The van der Waals surface area contributed by atoms with Crippen molar-refractivity contribution in [2.45, 2.75) is 36.2 Å². The summed E-state index contributed by atoms with van der Waals surface area (Å²) in [6, 6.07) is 6.26. The van der Waals surface area contributed by atoms with Crippen LogP contribution in [0.25, 0.3) is 0 Å². The molecule has 1 aromatic carbocycles. The van der Waals surface area contributed by atoms with Crippen molar-refractivity contribution >= 4 is 15.8 Å². The monoisotopic (exact) mass is 313 g/mol. The second kappa shape index (κ2) is 5.65. The molecule has 116 valence electrons. The first-order valence-corrected chi connectivity index (χ1v) is 8.54. The molecule has 0 aliphatic heterocycles. The summed E-state index contributed by atoms with van der Waals surface area (Å²) in [5.41, 5.74) is -1.19. The van der Waals surface area contributed by atoms with Gasteiger partial charge in [-0.2, -0.15) is 0 Å². The van der Waals surface area contributed by atoms with Gasteiger partial charge in [-0.05, 0) is 38.0 Å². The summed E-state index contributed by atoms with van der Waals surface area (Å²) in [6.07, 6.45) is 3.04. The molecule has 6 nitrogen and oxygen atoms in total. The molecule has 2 N–H and O–H groups in total. The number of carboxylic acid groups (broad SMARTS) is 1. The maximum atomic E-state index is 11.5. The Morgan fingerprint density at radius 3 is 2.67 bits per heavy atom. The number of hydrogen-bond donors (Lipinski definition) is 2. The Bertz CT molecular complexity index is 639. The Hall–Kier alpha value is -1.60. The standard InChI is InChI=1S/C14H19NO5S/c1-14(13(16)17,15-10-6-7-10)9-20-11-4-3-5-12(8-11)21(2,18)19/h3-5,8,10,15H,6-7,9H2,1-2H3,(H,16,17). The molecule has 1 unspecified atom stereocenters. The summed E-state index contributed by atoms with van der Waals surface area (Å²) < 4.78 is 28.5. The van der Waals surface area contributed by atoms with E-state index >= 15 is 0 Å². The zero-order valence-electron chi connectivity index (χ0n) is 12.0. The molecule has 1 aliphatic carbocycles. The number of rotatable bonds is 7. The lowest BCUT2D eigenvalue weighted by atomic mass is 10.0. The van der Waals surface area contributed by atoms with Gasteiger partial charge in [-0.3, -0.25) is 10.1 Å². The number of ether oxygens (including phenoxy) is 1. The minimum atomic E-state index is -3.32. The number of sulfone groups is 1. The summed E-state index contributed by atoms with van der Waals surface area (Å²) in [6.45, 7) is 1.49. The van der Waals surface area contributed by atoms with Crippen molar-refractivity contribution in [2.75, 3.05) is 12.9 Å². The van der Waals surface area contributed by atoms with Gasteiger partial charge in [0, 0.05) is 12.3 Å². The molecule has 1 aromatic rings. The van der Waals surface area contributed by atoms with Crippen molar-refractivity contribution in [3.8, 4) is 5.75 Å². The maximum absolute atomic E-state index is 11.5. The Labute approximate surface area is 124 Å². The highest BCUT2D eigenvalue weighted by Gasteiger charge is 2.39. The molecule has 0 spiro atoms. The van der Waals surface area contributed by atoms with Crippen LogP contribution in [-0.4, -0.2) is 43.9 Å². The number of benzene rings is 1. The van der Waals surface area contributed by atoms with E-state index in [1.54, 1.807) is 19.1 Å². The number of nitrogens with one attached hydrogen (secondary N) is 1. The van der Waals surface area contributed by atoms with Crippen molar-refractivity contribution in [3.63, 3.8) is 0 Å². The van der Waals surface area contributed by atoms with Gasteiger partial charge in [0.05, 0.1) is 4.90 Å². The van der Waals surface area contributed by atoms with Gasteiger partial charge in [0.25, 0.3) is 0 Å². The largest absolute Gasteiger partial charge is 0.491 e. The molecule has 0 aromatic heterocycles. The number of hydrogen-bond acceptors (Lipinski definition) is 5. The van der Waals surface area contributed by atoms with E-state index in [1.807, 2.05) is 0 Å². The lowest BCUT2D eigenvalue weighted by Crippen LogP contribution is -2.54. The summed E-state index contributed by atoms with van der Waals surface area (Å²) in [5.74, 6) is -0.656. The Kier molecular flexibility index (Phi) is 4.25. The molecule has 0 amide bonds. The fourth-order valence-corrected chi connectivity index (χ4v) is 2.52. The minimum absolute atomic E-state index is 0.0773. The third-order valence-corrected chi connectivity index (χ3v) is 4.44. The summed E-state index contributed by atoms with van der Waals surface area (Å²) >= 11 is 0. The molecule has 1 fully saturated rings. The van der Waals surface area contributed by atoms with Crippen molar-refractivity contribution in [2.24, 2.45) is 0 Å². The van der Waals surface area contributed by atoms with Gasteiger partial charge in [-0.1, -0.05) is 6.07 Å². The Morgan fingerprint density at radius 1 is 1.48 bits per heavy atom. The smallest absolute Gasteiger partial charge is 0.327 e. The van der Waals surface area contributed by atoms with E-state index in [1.165, 1.54) is 12.1 Å². The molecule has 1 aliphatic rings. The van der Waals surface area contributed by atoms with Gasteiger partial charge >= 0.3 is 5.97 Å². The average Bonchev–Trinajstić information content (AvgIpc) is 3.19. The van der Waals surface area contributed by atoms with Crippen LogP contribution in [0.3, 0.4) is 0 Å². The lowest BCUT2D eigenvalue weighted by Gasteiger charge is -2.26. The molecular weight excluding hydrogens is 294 g/mol. The minimum Gasteiger partial charge on any atom is -0.491 e. The van der Waals surface area contributed by atoms with Gasteiger partial charge in [-0.15, -0.1) is 0 Å². The van der Waals surface area contributed by atoms with Crippen LogP contribution in [0.5, 0.6) is 5.75 Å². The van der Waals surface area contributed by atoms with E-state index < -0.39 is 21.3 Å². The first-order valence-electron chi connectivity index (χ1n) is 6.65. The molecule has 0 radical (unpaired) electrons. The molecule has 0 heterocycles. The highest BCUT2D eigenvalue weighted by atomic mass is 32.2. The Balaban J connectivity index is 2.08. The van der Waals surface area contributed by atoms with E-state index in [-0.39, 0.29) is 17.5 Å². The third-order valence-electron chi connectivity index (χ3n) is 3.33. The molecule has 0 bridgehead atoms. The highest BCUT2D eigenvalue weighted by Crippen LogP contribution is 2.24. The first kappa shape index (κ1) is 15.8. The molecule has 1 saturated carbocycles. The molecule has 21 heavy (non-hydrogen) atoms. The zero-order chi connectivity index (χ0) is 15.7. The summed E-state index contributed by atoms with van der Waals surface area (Å²) in [7, 11) is -3.32. The van der Waals surface area contributed by atoms with Gasteiger partial charge in [0.2, 0.25) is 0 Å². The van der Waals surface area contributed by atoms with Gasteiger partial charge in [0.15, 0.2) is 9.84 Å². The fourth-order valence-electron chi connectivity index (χ4n) is 1.87. The van der Waals surface area contributed by atoms with Crippen LogP contribution >= 0.6 is 0 Å². The molecule has 7 heteroatoms. The van der Waals surface area contributed by atoms with E-state index in [4.69, 9.17) is 4.74 Å². The Morgan fingerprint density at radius 2 is 2.14 bits per heavy atom. The molecule has 1 atom stereocenters. The number of carboxylic acids is 1. The predicted octanol–water partition coefficient (Wildman–Crippen LogP) is 1.06. The van der Waals surface area contributed by atoms with Crippen LogP contribution in [0.4, 0.5) is 0 Å². The van der Waals surface area contributed by atoms with Crippen LogP contribution in [0.1, 0.15) is 19.8 Å². The number of aliphatic carboxylic acids is 1. The average molecular weight is 313 g/mol. The molecule has 0 saturated heterocycles. The van der Waals surface area contributed by atoms with E-state index in [2.05, 4.69) is 5.32 Å². The fraction of sp³-hybridized carbons (Fsp3) is 0.500. The third kappa shape index (κ3) is 4.18. The second-order valence-electron chi connectivity index (χ2n) is 5.59. The van der Waals surface area contributed by atoms with Crippen molar-refractivity contribution in [3.05, 3.63) is 24.3 Å². The SMILES string of the molecule is CC(COc1cccc(S(C)(=O)=O)c1)(NC1CC1)C(=O)O. The summed E-state index contributed by atoms with van der Waals surface area (Å²) in [4.78, 5) is 11.5. The van der Waals surface area contributed by atoms with Gasteiger partial charge < -0.3 is 9.84 Å². The normalized spacial score (nSPS) is 18.0. The van der Waals surface area contributed by atoms with Crippen LogP contribution in [0.15, 0.2) is 29.2 Å². The van der Waals surface area contributed by atoms with Gasteiger partial charge in [-0.25, -0.2) is 8.42 Å².